The van der Waals surface area contributed by atoms with E-state index in [1.165, 1.54) is 18.2 Å². The summed E-state index contributed by atoms with van der Waals surface area (Å²) in [5.41, 5.74) is 0.897. The van der Waals surface area contributed by atoms with Gasteiger partial charge < -0.3 is 0 Å². The monoisotopic (exact) mass is 338 g/mol. The van der Waals surface area contributed by atoms with Gasteiger partial charge >= 0.3 is 106 Å². The van der Waals surface area contributed by atoms with Gasteiger partial charge in [-0.05, 0) is 0 Å². The van der Waals surface area contributed by atoms with Crippen molar-refractivity contribution in [3.8, 4) is 0 Å². The van der Waals surface area contributed by atoms with Crippen LogP contribution in [0.1, 0.15) is 19.8 Å². The maximum absolute atomic E-state index is 5.16. The van der Waals surface area contributed by atoms with Crippen LogP contribution in [0.2, 0.25) is 5.32 Å². The zero-order valence-electron chi connectivity index (χ0n) is 9.36. The number of ether oxygens (including phenoxy) is 1. The van der Waals surface area contributed by atoms with Gasteiger partial charge in [-0.25, -0.2) is 0 Å². The van der Waals surface area contributed by atoms with E-state index in [9.17, 15) is 0 Å². The van der Waals surface area contributed by atoms with E-state index < -0.39 is 0 Å². The average molecular weight is 336 g/mol. The zero-order chi connectivity index (χ0) is 10.9. The fourth-order valence-corrected chi connectivity index (χ4v) is 5.92. The van der Waals surface area contributed by atoms with E-state index >= 15 is 0 Å². The summed E-state index contributed by atoms with van der Waals surface area (Å²) in [6.07, 6.45) is 2.68. The Hall–Kier alpha value is 0.219. The van der Waals surface area contributed by atoms with E-state index in [1.54, 1.807) is 16.0 Å². The number of unbranched alkanes of at least 4 members (excludes halogenated alkanes) is 1. The van der Waals surface area contributed by atoms with Gasteiger partial charge in [-0.3, -0.25) is 0 Å². The van der Waals surface area contributed by atoms with Crippen LogP contribution >= 0.6 is 0 Å². The normalized spacial score (nSPS) is 10.5. The first-order valence-electron chi connectivity index (χ1n) is 5.22. The minimum absolute atomic E-state index is 0.499. The number of benzene rings is 1. The second-order valence-electron chi connectivity index (χ2n) is 3.20. The van der Waals surface area contributed by atoms with E-state index in [-0.39, 0.29) is 0 Å². The first-order valence-corrected chi connectivity index (χ1v) is 9.35. The molecule has 0 amide bonds. The SMILES string of the molecule is CCCC[Se]c1ccccc1[Se]COC. The Morgan fingerprint density at radius 1 is 1.13 bits per heavy atom. The molecule has 0 aromatic heterocycles. The van der Waals surface area contributed by atoms with Crippen molar-refractivity contribution in [2.45, 2.75) is 25.1 Å². The standard InChI is InChI=1S/C12H18OSe2/c1-3-4-9-14-11-7-5-6-8-12(11)15-10-13-2/h5-8H,3-4,9-10H2,1-2H3. The van der Waals surface area contributed by atoms with E-state index in [4.69, 9.17) is 4.74 Å². The molecular weight excluding hydrogens is 318 g/mol. The Bertz CT molecular complexity index is 276. The molecule has 0 radical (unpaired) electrons. The Morgan fingerprint density at radius 2 is 1.80 bits per heavy atom. The van der Waals surface area contributed by atoms with Gasteiger partial charge in [0.25, 0.3) is 0 Å². The van der Waals surface area contributed by atoms with Crippen LogP contribution in [0.15, 0.2) is 24.3 Å². The number of hydrogen-bond donors (Lipinski definition) is 0. The van der Waals surface area contributed by atoms with Crippen LogP contribution in [0.5, 0.6) is 0 Å². The maximum atomic E-state index is 5.16. The van der Waals surface area contributed by atoms with E-state index in [2.05, 4.69) is 31.2 Å². The molecule has 0 heterocycles. The fraction of sp³-hybridized carbons (Fsp3) is 0.500. The van der Waals surface area contributed by atoms with Gasteiger partial charge in [-0.15, -0.1) is 0 Å². The number of methoxy groups -OCH3 is 1. The molecule has 0 spiro atoms. The van der Waals surface area contributed by atoms with Crippen LogP contribution in [0, 0.1) is 0 Å². The average Bonchev–Trinajstić information content (AvgIpc) is 2.28. The summed E-state index contributed by atoms with van der Waals surface area (Å²) >= 11 is 1.17. The van der Waals surface area contributed by atoms with Crippen LogP contribution in [0.25, 0.3) is 0 Å². The van der Waals surface area contributed by atoms with Crippen LogP contribution in [-0.4, -0.2) is 42.5 Å². The molecule has 1 rings (SSSR count). The van der Waals surface area contributed by atoms with Gasteiger partial charge in [-0.1, -0.05) is 0 Å². The third-order valence-electron chi connectivity index (χ3n) is 1.94. The third kappa shape index (κ3) is 5.19. The number of rotatable bonds is 7. The summed E-state index contributed by atoms with van der Waals surface area (Å²) in [6, 6.07) is 8.87. The topological polar surface area (TPSA) is 9.23 Å². The van der Waals surface area contributed by atoms with Crippen LogP contribution in [-0.2, 0) is 4.74 Å². The molecule has 0 fully saturated rings. The fourth-order valence-electron chi connectivity index (χ4n) is 1.14. The molecule has 0 aliphatic carbocycles. The van der Waals surface area contributed by atoms with Gasteiger partial charge in [0, 0.05) is 0 Å². The van der Waals surface area contributed by atoms with Gasteiger partial charge in [-0.2, -0.15) is 0 Å². The molecule has 0 N–H and O–H groups in total. The van der Waals surface area contributed by atoms with E-state index in [0.717, 1.165) is 5.51 Å². The van der Waals surface area contributed by atoms with Crippen molar-refractivity contribution >= 4 is 38.8 Å². The summed E-state index contributed by atoms with van der Waals surface area (Å²) in [7, 11) is 1.78. The summed E-state index contributed by atoms with van der Waals surface area (Å²) < 4.78 is 8.30. The summed E-state index contributed by atoms with van der Waals surface area (Å²) in [5, 5.41) is 1.38. The van der Waals surface area contributed by atoms with E-state index in [0.29, 0.717) is 29.9 Å². The first-order chi connectivity index (χ1) is 7.38. The van der Waals surface area contributed by atoms with Crippen molar-refractivity contribution in [3.05, 3.63) is 24.3 Å². The van der Waals surface area contributed by atoms with Gasteiger partial charge in [0.05, 0.1) is 0 Å². The van der Waals surface area contributed by atoms with Crippen LogP contribution in [0.3, 0.4) is 0 Å². The Morgan fingerprint density at radius 3 is 2.40 bits per heavy atom. The molecule has 84 valence electrons. The summed E-state index contributed by atoms with van der Waals surface area (Å²) in [4.78, 5) is 0. The molecule has 0 saturated heterocycles. The van der Waals surface area contributed by atoms with Crippen molar-refractivity contribution in [2.24, 2.45) is 0 Å². The van der Waals surface area contributed by atoms with Crippen LogP contribution in [0.4, 0.5) is 0 Å². The molecule has 3 heteroatoms. The molecule has 0 atom stereocenters. The second-order valence-corrected chi connectivity index (χ2v) is 7.61. The third-order valence-corrected chi connectivity index (χ3v) is 7.17. The Kier molecular flexibility index (Phi) is 7.42. The van der Waals surface area contributed by atoms with Crippen LogP contribution < -0.4 is 8.92 Å². The minimum atomic E-state index is 0.499. The molecule has 1 aromatic rings. The molecule has 0 saturated carbocycles. The van der Waals surface area contributed by atoms with Crippen molar-refractivity contribution < 1.29 is 4.74 Å². The number of hydrogen-bond acceptors (Lipinski definition) is 1. The van der Waals surface area contributed by atoms with Gasteiger partial charge in [0.2, 0.25) is 0 Å². The molecule has 15 heavy (non-hydrogen) atoms. The molecule has 0 aliphatic heterocycles. The summed E-state index contributed by atoms with van der Waals surface area (Å²) in [6.45, 7) is 2.26. The zero-order valence-corrected chi connectivity index (χ0v) is 12.8. The first kappa shape index (κ1) is 13.3. The predicted octanol–water partition coefficient (Wildman–Crippen LogP) is 1.17. The summed E-state index contributed by atoms with van der Waals surface area (Å²) in [5.74, 6) is 0. The predicted molar refractivity (Wildman–Crippen MR) is 68.8 cm³/mol. The Labute approximate surface area is 105 Å². The van der Waals surface area contributed by atoms with Crippen molar-refractivity contribution in [2.75, 3.05) is 12.6 Å². The van der Waals surface area contributed by atoms with Crippen molar-refractivity contribution in [1.82, 2.24) is 0 Å². The van der Waals surface area contributed by atoms with Gasteiger partial charge in [0.1, 0.15) is 0 Å². The van der Waals surface area contributed by atoms with Gasteiger partial charge in [0.15, 0.2) is 0 Å². The quantitative estimate of drug-likeness (QED) is 0.537. The molecule has 1 aromatic carbocycles. The second kappa shape index (κ2) is 8.38. The molecule has 1 nitrogen and oxygen atoms in total. The van der Waals surface area contributed by atoms with Crippen molar-refractivity contribution in [3.63, 3.8) is 0 Å². The Balaban J connectivity index is 2.52. The molecule has 0 bridgehead atoms. The van der Waals surface area contributed by atoms with E-state index in [1.807, 2.05) is 0 Å². The van der Waals surface area contributed by atoms with Crippen molar-refractivity contribution in [1.29, 1.82) is 0 Å². The molecular formula is C12H18OSe2. The molecule has 0 unspecified atom stereocenters. The molecule has 0 aliphatic rings.